The van der Waals surface area contributed by atoms with Crippen LogP contribution in [-0.4, -0.2) is 51.5 Å². The van der Waals surface area contributed by atoms with E-state index in [1.165, 1.54) is 12.7 Å². The second-order valence-electron chi connectivity index (χ2n) is 9.48. The molecule has 10 heteroatoms. The van der Waals surface area contributed by atoms with Gasteiger partial charge in [0.05, 0.1) is 43.4 Å². The van der Waals surface area contributed by atoms with E-state index in [0.717, 1.165) is 24.1 Å². The molecule has 0 radical (unpaired) electrons. The van der Waals surface area contributed by atoms with Crippen LogP contribution in [-0.2, 0) is 40.8 Å². The molecule has 1 amide bonds. The third kappa shape index (κ3) is 5.55. The van der Waals surface area contributed by atoms with Crippen LogP contribution in [0.15, 0.2) is 55.0 Å². The Balaban J connectivity index is 1.50. The number of pyridine rings is 1. The number of rotatable bonds is 10. The lowest BCUT2D eigenvalue weighted by atomic mass is 10.1. The molecular weight excluding hydrogens is 484 g/mol. The fourth-order valence-electron chi connectivity index (χ4n) is 4.79. The number of ether oxygens (including phenoxy) is 2. The molecule has 38 heavy (non-hydrogen) atoms. The molecule has 2 N–H and O–H groups in total. The van der Waals surface area contributed by atoms with Gasteiger partial charge in [0.1, 0.15) is 5.65 Å². The molecule has 0 saturated carbocycles. The van der Waals surface area contributed by atoms with Gasteiger partial charge in [0.15, 0.2) is 5.69 Å². The van der Waals surface area contributed by atoms with Gasteiger partial charge in [0.2, 0.25) is 5.91 Å². The molecular formula is C28H32N6O4. The van der Waals surface area contributed by atoms with Crippen LogP contribution < -0.4 is 10.6 Å². The normalized spacial score (nSPS) is 15.1. The predicted molar refractivity (Wildman–Crippen MR) is 144 cm³/mol. The van der Waals surface area contributed by atoms with Crippen molar-refractivity contribution >= 4 is 34.3 Å². The minimum Gasteiger partial charge on any atom is -0.464 e. The Kier molecular flexibility index (Phi) is 7.69. The zero-order valence-electron chi connectivity index (χ0n) is 21.6. The second kappa shape index (κ2) is 11.5. The van der Waals surface area contributed by atoms with Gasteiger partial charge in [-0.3, -0.25) is 9.48 Å². The fourth-order valence-corrected chi connectivity index (χ4v) is 4.79. The Labute approximate surface area is 220 Å². The highest BCUT2D eigenvalue weighted by atomic mass is 16.5. The second-order valence-corrected chi connectivity index (χ2v) is 9.48. The molecule has 1 aliphatic rings. The van der Waals surface area contributed by atoms with E-state index in [0.29, 0.717) is 55.1 Å². The summed E-state index contributed by atoms with van der Waals surface area (Å²) in [6.07, 6.45) is 7.74. The van der Waals surface area contributed by atoms with Gasteiger partial charge < -0.3 is 24.7 Å². The molecule has 4 heterocycles. The molecule has 1 atom stereocenters. The summed E-state index contributed by atoms with van der Waals surface area (Å²) in [6, 6.07) is 12.1. The van der Waals surface area contributed by atoms with Crippen LogP contribution in [0.2, 0.25) is 0 Å². The summed E-state index contributed by atoms with van der Waals surface area (Å²) in [5.74, 6) is -0.966. The predicted octanol–water partition coefficient (Wildman–Crippen LogP) is 3.78. The monoisotopic (exact) mass is 516 g/mol. The number of aryl methyl sites for hydroxylation is 3. The van der Waals surface area contributed by atoms with Crippen LogP contribution in [0.1, 0.15) is 34.5 Å². The van der Waals surface area contributed by atoms with Crippen LogP contribution in [0.3, 0.4) is 0 Å². The first kappa shape index (κ1) is 25.5. The van der Waals surface area contributed by atoms with Crippen molar-refractivity contribution in [3.8, 4) is 0 Å². The number of fused-ring (bicyclic) bond motifs is 1. The molecule has 4 aromatic rings. The zero-order chi connectivity index (χ0) is 26.5. The molecule has 1 saturated heterocycles. The van der Waals surface area contributed by atoms with Crippen molar-refractivity contribution in [3.05, 3.63) is 71.8 Å². The van der Waals surface area contributed by atoms with Gasteiger partial charge in [0, 0.05) is 43.9 Å². The van der Waals surface area contributed by atoms with Crippen LogP contribution in [0.25, 0.3) is 11.0 Å². The van der Waals surface area contributed by atoms with E-state index in [2.05, 4.69) is 27.9 Å². The molecule has 198 valence electrons. The summed E-state index contributed by atoms with van der Waals surface area (Å²) in [5.41, 5.74) is 4.33. The quantitative estimate of drug-likeness (QED) is 0.309. The van der Waals surface area contributed by atoms with Crippen molar-refractivity contribution in [2.75, 3.05) is 31.0 Å². The Hall–Kier alpha value is -4.18. The minimum absolute atomic E-state index is 0.176. The Morgan fingerprint density at radius 3 is 2.74 bits per heavy atom. The van der Waals surface area contributed by atoms with Gasteiger partial charge in [-0.15, -0.1) is 0 Å². The van der Waals surface area contributed by atoms with Gasteiger partial charge >= 0.3 is 5.97 Å². The van der Waals surface area contributed by atoms with Crippen LogP contribution in [0.4, 0.5) is 11.4 Å². The number of methoxy groups -OCH3 is 1. The molecule has 3 aromatic heterocycles. The molecule has 0 bridgehead atoms. The lowest BCUT2D eigenvalue weighted by Crippen LogP contribution is -2.24. The summed E-state index contributed by atoms with van der Waals surface area (Å²) >= 11 is 0. The third-order valence-corrected chi connectivity index (χ3v) is 6.77. The molecule has 10 nitrogen and oxygen atoms in total. The standard InChI is InChI=1S/C28H32N6O4/c1-33-17-20(15-31-33)14-29-22-13-23-24(32-27(35)21-10-12-38-18-21)25(28(36)37-2)34(26(23)30-16-22)11-6-9-19-7-4-3-5-8-19/h3-5,7-8,13,15-17,21,29H,6,9-12,14,18H2,1-2H3,(H,32,35). The van der Waals surface area contributed by atoms with Gasteiger partial charge in [-0.05, 0) is 30.9 Å². The number of hydrogen-bond donors (Lipinski definition) is 2. The third-order valence-electron chi connectivity index (χ3n) is 6.77. The molecule has 1 unspecified atom stereocenters. The lowest BCUT2D eigenvalue weighted by molar-refractivity contribution is -0.119. The van der Waals surface area contributed by atoms with Crippen molar-refractivity contribution in [1.29, 1.82) is 0 Å². The summed E-state index contributed by atoms with van der Waals surface area (Å²) in [6.45, 7) is 2.01. The number of carbonyl (C=O) groups is 2. The lowest BCUT2D eigenvalue weighted by Gasteiger charge is -2.12. The van der Waals surface area contributed by atoms with Gasteiger partial charge in [-0.1, -0.05) is 30.3 Å². The largest absolute Gasteiger partial charge is 0.464 e. The van der Waals surface area contributed by atoms with E-state index >= 15 is 0 Å². The number of aromatic nitrogens is 4. The van der Waals surface area contributed by atoms with Crippen molar-refractivity contribution < 1.29 is 19.1 Å². The summed E-state index contributed by atoms with van der Waals surface area (Å²) in [5, 5.41) is 11.3. The van der Waals surface area contributed by atoms with Crippen LogP contribution in [0.5, 0.6) is 0 Å². The Bertz CT molecular complexity index is 1420. The van der Waals surface area contributed by atoms with Gasteiger partial charge in [-0.2, -0.15) is 5.10 Å². The summed E-state index contributed by atoms with van der Waals surface area (Å²) in [4.78, 5) is 30.9. The number of esters is 1. The Morgan fingerprint density at radius 2 is 2.03 bits per heavy atom. The van der Waals surface area contributed by atoms with Gasteiger partial charge in [0.25, 0.3) is 0 Å². The average molecular weight is 517 g/mol. The first-order valence-corrected chi connectivity index (χ1v) is 12.8. The fraction of sp³-hybridized carbons (Fsp3) is 0.357. The molecule has 5 rings (SSSR count). The van der Waals surface area contributed by atoms with E-state index in [-0.39, 0.29) is 11.8 Å². The molecule has 0 spiro atoms. The smallest absolute Gasteiger partial charge is 0.356 e. The number of hydrogen-bond acceptors (Lipinski definition) is 7. The molecule has 1 fully saturated rings. The molecule has 1 aliphatic heterocycles. The van der Waals surface area contributed by atoms with E-state index in [1.54, 1.807) is 17.1 Å². The average Bonchev–Trinajstić information content (AvgIpc) is 3.68. The maximum atomic E-state index is 13.1. The van der Waals surface area contributed by atoms with Crippen molar-refractivity contribution in [2.24, 2.45) is 13.0 Å². The number of carbonyl (C=O) groups excluding carboxylic acids is 2. The van der Waals surface area contributed by atoms with Crippen molar-refractivity contribution in [3.63, 3.8) is 0 Å². The number of anilines is 2. The highest BCUT2D eigenvalue weighted by Gasteiger charge is 2.29. The maximum absolute atomic E-state index is 13.1. The zero-order valence-corrected chi connectivity index (χ0v) is 21.6. The highest BCUT2D eigenvalue weighted by molar-refractivity contribution is 6.11. The van der Waals surface area contributed by atoms with E-state index in [1.807, 2.05) is 42.1 Å². The summed E-state index contributed by atoms with van der Waals surface area (Å²) in [7, 11) is 3.22. The Morgan fingerprint density at radius 1 is 1.18 bits per heavy atom. The van der Waals surface area contributed by atoms with Gasteiger partial charge in [-0.25, -0.2) is 9.78 Å². The first-order chi connectivity index (χ1) is 18.5. The number of amides is 1. The van der Waals surface area contributed by atoms with E-state index in [9.17, 15) is 9.59 Å². The topological polar surface area (TPSA) is 112 Å². The van der Waals surface area contributed by atoms with Crippen molar-refractivity contribution in [2.45, 2.75) is 32.4 Å². The number of nitrogens with one attached hydrogen (secondary N) is 2. The SMILES string of the molecule is COC(=O)c1c(NC(=O)C2CCOC2)c2cc(NCc3cnn(C)c3)cnc2n1CCCc1ccccc1. The number of benzene rings is 1. The van der Waals surface area contributed by atoms with Crippen molar-refractivity contribution in [1.82, 2.24) is 19.3 Å². The van der Waals surface area contributed by atoms with E-state index < -0.39 is 5.97 Å². The van der Waals surface area contributed by atoms with Crippen LogP contribution >= 0.6 is 0 Å². The first-order valence-electron chi connectivity index (χ1n) is 12.8. The number of nitrogens with zero attached hydrogens (tertiary/aromatic N) is 4. The summed E-state index contributed by atoms with van der Waals surface area (Å²) < 4.78 is 14.2. The molecule has 1 aromatic carbocycles. The van der Waals surface area contributed by atoms with E-state index in [4.69, 9.17) is 14.5 Å². The maximum Gasteiger partial charge on any atom is 0.356 e. The minimum atomic E-state index is -0.523. The molecule has 0 aliphatic carbocycles. The van der Waals surface area contributed by atoms with Crippen LogP contribution in [0, 0.1) is 5.92 Å². The highest BCUT2D eigenvalue weighted by Crippen LogP contribution is 2.34.